The third-order valence-electron chi connectivity index (χ3n) is 2.93. The van der Waals surface area contributed by atoms with Gasteiger partial charge in [-0.2, -0.15) is 5.26 Å². The van der Waals surface area contributed by atoms with Crippen molar-refractivity contribution in [3.8, 4) is 6.07 Å². The third kappa shape index (κ3) is 1.90. The molecule has 17 heavy (non-hydrogen) atoms. The average Bonchev–Trinajstić information content (AvgIpc) is 2.64. The Balaban J connectivity index is 2.62. The zero-order valence-electron chi connectivity index (χ0n) is 9.52. The number of hydrogen-bond acceptors (Lipinski definition) is 3. The van der Waals surface area contributed by atoms with Crippen LogP contribution in [-0.4, -0.2) is 11.1 Å². The van der Waals surface area contributed by atoms with Crippen LogP contribution in [0.2, 0.25) is 0 Å². The summed E-state index contributed by atoms with van der Waals surface area (Å²) in [6.45, 7) is 3.56. The number of carboxylic acid groups (broad SMARTS) is 1. The number of hydrogen-bond donors (Lipinski definition) is 1. The van der Waals surface area contributed by atoms with Crippen molar-refractivity contribution in [2.45, 2.75) is 19.8 Å². The second kappa shape index (κ2) is 4.19. The molecule has 1 heterocycles. The van der Waals surface area contributed by atoms with Gasteiger partial charge in [-0.1, -0.05) is 6.07 Å². The van der Waals surface area contributed by atoms with Crippen LogP contribution >= 0.6 is 11.3 Å². The molecular weight excluding hydrogens is 234 g/mol. The number of nitriles is 1. The molecule has 0 radical (unpaired) electrons. The van der Waals surface area contributed by atoms with Gasteiger partial charge in [0.25, 0.3) is 0 Å². The average molecular weight is 245 g/mol. The first kappa shape index (κ1) is 11.6. The SMILES string of the molecule is Cc1c(C#N)sc2ccc(C(C)C(=O)O)cc12. The maximum absolute atomic E-state index is 10.9. The van der Waals surface area contributed by atoms with Crippen molar-refractivity contribution in [1.82, 2.24) is 0 Å². The first-order valence-electron chi connectivity index (χ1n) is 5.20. The minimum absolute atomic E-state index is 0.524. The highest BCUT2D eigenvalue weighted by Gasteiger charge is 2.15. The monoisotopic (exact) mass is 245 g/mol. The third-order valence-corrected chi connectivity index (χ3v) is 4.11. The Bertz CT molecular complexity index is 637. The predicted molar refractivity (Wildman–Crippen MR) is 67.3 cm³/mol. The number of aliphatic carboxylic acids is 1. The minimum atomic E-state index is -0.835. The highest BCUT2D eigenvalue weighted by atomic mass is 32.1. The van der Waals surface area contributed by atoms with Gasteiger partial charge in [-0.3, -0.25) is 4.79 Å². The molecule has 2 aromatic rings. The van der Waals surface area contributed by atoms with Gasteiger partial charge in [0.05, 0.1) is 5.92 Å². The van der Waals surface area contributed by atoms with Crippen LogP contribution in [-0.2, 0) is 4.79 Å². The summed E-state index contributed by atoms with van der Waals surface area (Å²) >= 11 is 1.44. The molecule has 0 aliphatic carbocycles. The molecule has 1 aromatic heterocycles. The van der Waals surface area contributed by atoms with Crippen LogP contribution in [0.4, 0.5) is 0 Å². The van der Waals surface area contributed by atoms with E-state index in [1.807, 2.05) is 25.1 Å². The molecule has 1 aromatic carbocycles. The quantitative estimate of drug-likeness (QED) is 0.883. The molecule has 0 spiro atoms. The molecule has 3 nitrogen and oxygen atoms in total. The van der Waals surface area contributed by atoms with E-state index in [1.54, 1.807) is 6.92 Å². The number of nitrogens with zero attached hydrogens (tertiary/aromatic N) is 1. The molecule has 1 unspecified atom stereocenters. The summed E-state index contributed by atoms with van der Waals surface area (Å²) < 4.78 is 1.03. The Labute approximate surface area is 103 Å². The zero-order valence-corrected chi connectivity index (χ0v) is 10.3. The van der Waals surface area contributed by atoms with Crippen LogP contribution in [0.15, 0.2) is 18.2 Å². The summed E-state index contributed by atoms with van der Waals surface area (Å²) in [6, 6.07) is 7.74. The van der Waals surface area contributed by atoms with Gasteiger partial charge in [0.1, 0.15) is 10.9 Å². The highest BCUT2D eigenvalue weighted by Crippen LogP contribution is 2.32. The Kier molecular flexibility index (Phi) is 2.86. The van der Waals surface area contributed by atoms with Gasteiger partial charge in [0, 0.05) is 4.70 Å². The largest absolute Gasteiger partial charge is 0.481 e. The van der Waals surface area contributed by atoms with Gasteiger partial charge in [-0.05, 0) is 42.5 Å². The van der Waals surface area contributed by atoms with E-state index in [1.165, 1.54) is 11.3 Å². The second-order valence-corrected chi connectivity index (χ2v) is 5.04. The van der Waals surface area contributed by atoms with Crippen molar-refractivity contribution in [2.75, 3.05) is 0 Å². The van der Waals surface area contributed by atoms with Gasteiger partial charge in [-0.15, -0.1) is 11.3 Å². The molecule has 0 fully saturated rings. The molecule has 86 valence electrons. The fourth-order valence-electron chi connectivity index (χ4n) is 1.76. The number of aryl methyl sites for hydroxylation is 1. The molecule has 0 aliphatic rings. The van der Waals surface area contributed by atoms with E-state index in [4.69, 9.17) is 10.4 Å². The summed E-state index contributed by atoms with van der Waals surface area (Å²) in [5.41, 5.74) is 1.71. The Morgan fingerprint density at radius 1 is 1.53 bits per heavy atom. The van der Waals surface area contributed by atoms with Crippen LogP contribution in [0.3, 0.4) is 0 Å². The van der Waals surface area contributed by atoms with E-state index in [0.29, 0.717) is 4.88 Å². The molecule has 2 rings (SSSR count). The van der Waals surface area contributed by atoms with Gasteiger partial charge in [0.2, 0.25) is 0 Å². The maximum atomic E-state index is 10.9. The first-order valence-corrected chi connectivity index (χ1v) is 6.02. The maximum Gasteiger partial charge on any atom is 0.310 e. The first-order chi connectivity index (χ1) is 8.04. The lowest BCUT2D eigenvalue weighted by Gasteiger charge is -2.06. The van der Waals surface area contributed by atoms with Crippen molar-refractivity contribution < 1.29 is 9.90 Å². The fourth-order valence-corrected chi connectivity index (χ4v) is 2.74. The van der Waals surface area contributed by atoms with Gasteiger partial charge in [-0.25, -0.2) is 0 Å². The van der Waals surface area contributed by atoms with E-state index in [0.717, 1.165) is 21.2 Å². The molecule has 1 atom stereocenters. The minimum Gasteiger partial charge on any atom is -0.481 e. The van der Waals surface area contributed by atoms with Crippen molar-refractivity contribution in [2.24, 2.45) is 0 Å². The lowest BCUT2D eigenvalue weighted by Crippen LogP contribution is -2.06. The van der Waals surface area contributed by atoms with E-state index < -0.39 is 11.9 Å². The molecule has 0 aliphatic heterocycles. The molecule has 1 N–H and O–H groups in total. The number of benzene rings is 1. The lowest BCUT2D eigenvalue weighted by atomic mass is 9.99. The van der Waals surface area contributed by atoms with Crippen molar-refractivity contribution in [1.29, 1.82) is 5.26 Å². The van der Waals surface area contributed by atoms with Crippen molar-refractivity contribution >= 4 is 27.4 Å². The zero-order chi connectivity index (χ0) is 12.6. The molecule has 4 heteroatoms. The summed E-state index contributed by atoms with van der Waals surface area (Å²) in [7, 11) is 0. The second-order valence-electron chi connectivity index (χ2n) is 3.98. The number of carbonyl (C=O) groups is 1. The normalized spacial score (nSPS) is 12.3. The predicted octanol–water partition coefficient (Wildman–Crippen LogP) is 3.27. The topological polar surface area (TPSA) is 61.1 Å². The summed E-state index contributed by atoms with van der Waals surface area (Å²) in [5.74, 6) is -1.36. The van der Waals surface area contributed by atoms with Crippen LogP contribution in [0.1, 0.15) is 28.8 Å². The molecule has 0 saturated heterocycles. The lowest BCUT2D eigenvalue weighted by molar-refractivity contribution is -0.138. The van der Waals surface area contributed by atoms with Crippen molar-refractivity contribution in [3.63, 3.8) is 0 Å². The van der Waals surface area contributed by atoms with Crippen LogP contribution in [0.25, 0.3) is 10.1 Å². The fraction of sp³-hybridized carbons (Fsp3) is 0.231. The molecule has 0 saturated carbocycles. The standard InChI is InChI=1S/C13H11NO2S/c1-7(13(15)16)9-3-4-11-10(5-9)8(2)12(6-14)17-11/h3-5,7H,1-2H3,(H,15,16). The summed E-state index contributed by atoms with van der Waals surface area (Å²) in [6.07, 6.45) is 0. The highest BCUT2D eigenvalue weighted by molar-refractivity contribution is 7.19. The van der Waals surface area contributed by atoms with Crippen molar-refractivity contribution in [3.05, 3.63) is 34.2 Å². The van der Waals surface area contributed by atoms with E-state index >= 15 is 0 Å². The van der Waals surface area contributed by atoms with E-state index in [-0.39, 0.29) is 0 Å². The number of carboxylic acids is 1. The van der Waals surface area contributed by atoms with Gasteiger partial charge < -0.3 is 5.11 Å². The van der Waals surface area contributed by atoms with Crippen LogP contribution < -0.4 is 0 Å². The van der Waals surface area contributed by atoms with Gasteiger partial charge >= 0.3 is 5.97 Å². The van der Waals surface area contributed by atoms with Gasteiger partial charge in [0.15, 0.2) is 0 Å². The Morgan fingerprint density at radius 3 is 2.82 bits per heavy atom. The number of thiophene rings is 1. The number of rotatable bonds is 2. The molecule has 0 bridgehead atoms. The number of fused-ring (bicyclic) bond motifs is 1. The smallest absolute Gasteiger partial charge is 0.310 e. The Morgan fingerprint density at radius 2 is 2.24 bits per heavy atom. The van der Waals surface area contributed by atoms with Crippen LogP contribution in [0, 0.1) is 18.3 Å². The summed E-state index contributed by atoms with van der Waals surface area (Å²) in [5, 5.41) is 18.9. The van der Waals surface area contributed by atoms with E-state index in [2.05, 4.69) is 6.07 Å². The molecular formula is C13H11NO2S. The Hall–Kier alpha value is -1.86. The summed E-state index contributed by atoms with van der Waals surface area (Å²) in [4.78, 5) is 11.6. The van der Waals surface area contributed by atoms with E-state index in [9.17, 15) is 4.79 Å². The molecule has 0 amide bonds. The van der Waals surface area contributed by atoms with Crippen LogP contribution in [0.5, 0.6) is 0 Å².